The summed E-state index contributed by atoms with van der Waals surface area (Å²) in [5, 5.41) is 0.635. The summed E-state index contributed by atoms with van der Waals surface area (Å²) >= 11 is 5.22. The number of hydrogen-bond acceptors (Lipinski definition) is 4. The highest BCUT2D eigenvalue weighted by molar-refractivity contribution is 9.10. The van der Waals surface area contributed by atoms with Gasteiger partial charge >= 0.3 is 0 Å². The van der Waals surface area contributed by atoms with Crippen molar-refractivity contribution in [2.45, 2.75) is 37.4 Å². The van der Waals surface area contributed by atoms with Gasteiger partial charge < -0.3 is 9.47 Å². The van der Waals surface area contributed by atoms with Gasteiger partial charge in [-0.25, -0.2) is 0 Å². The summed E-state index contributed by atoms with van der Waals surface area (Å²) in [6.45, 7) is 0. The van der Waals surface area contributed by atoms with Gasteiger partial charge in [0.15, 0.2) is 5.78 Å². The lowest BCUT2D eigenvalue weighted by Gasteiger charge is -2.20. The predicted octanol–water partition coefficient (Wildman–Crippen LogP) is 4.71. The zero-order valence-corrected chi connectivity index (χ0v) is 14.9. The molecule has 1 aliphatic rings. The van der Waals surface area contributed by atoms with E-state index in [1.807, 2.05) is 0 Å². The van der Waals surface area contributed by atoms with Crippen molar-refractivity contribution in [1.29, 1.82) is 0 Å². The second-order valence-electron chi connectivity index (χ2n) is 5.16. The average molecular weight is 373 g/mol. The fourth-order valence-electron chi connectivity index (χ4n) is 2.62. The first-order chi connectivity index (χ1) is 10.2. The zero-order chi connectivity index (χ0) is 15.2. The molecule has 116 valence electrons. The molecule has 0 amide bonds. The van der Waals surface area contributed by atoms with Crippen molar-refractivity contribution >= 4 is 33.5 Å². The molecule has 0 heterocycles. The van der Waals surface area contributed by atoms with Crippen LogP contribution in [0.2, 0.25) is 0 Å². The summed E-state index contributed by atoms with van der Waals surface area (Å²) < 4.78 is 11.3. The normalized spacial score (nSPS) is 15.8. The molecule has 0 saturated heterocycles. The second-order valence-corrected chi connectivity index (χ2v) is 7.24. The molecule has 1 saturated carbocycles. The van der Waals surface area contributed by atoms with Gasteiger partial charge in [-0.3, -0.25) is 4.79 Å². The molecule has 1 aliphatic carbocycles. The molecule has 0 N–H and O–H groups in total. The molecule has 1 aromatic carbocycles. The molecule has 2 rings (SSSR count). The van der Waals surface area contributed by atoms with E-state index < -0.39 is 0 Å². The zero-order valence-electron chi connectivity index (χ0n) is 12.5. The van der Waals surface area contributed by atoms with Crippen LogP contribution in [0.3, 0.4) is 0 Å². The first kappa shape index (κ1) is 16.7. The van der Waals surface area contributed by atoms with Crippen LogP contribution in [0, 0.1) is 0 Å². The van der Waals surface area contributed by atoms with Crippen LogP contribution in [-0.4, -0.2) is 31.0 Å². The van der Waals surface area contributed by atoms with E-state index >= 15 is 0 Å². The van der Waals surface area contributed by atoms with Gasteiger partial charge in [0.25, 0.3) is 0 Å². The van der Waals surface area contributed by atoms with Crippen molar-refractivity contribution in [3.63, 3.8) is 0 Å². The molecule has 0 aromatic heterocycles. The van der Waals surface area contributed by atoms with Crippen molar-refractivity contribution in [3.8, 4) is 11.5 Å². The number of methoxy groups -OCH3 is 2. The van der Waals surface area contributed by atoms with Crippen molar-refractivity contribution in [3.05, 3.63) is 22.2 Å². The molecule has 1 aromatic rings. The maximum Gasteiger partial charge on any atom is 0.176 e. The number of halogens is 1. The highest BCUT2D eigenvalue weighted by atomic mass is 79.9. The van der Waals surface area contributed by atoms with Crippen LogP contribution in [0.15, 0.2) is 16.6 Å². The molecule has 21 heavy (non-hydrogen) atoms. The Balaban J connectivity index is 2.06. The van der Waals surface area contributed by atoms with Crippen molar-refractivity contribution < 1.29 is 14.3 Å². The number of rotatable bonds is 6. The van der Waals surface area contributed by atoms with E-state index in [2.05, 4.69) is 15.9 Å². The molecule has 1 fully saturated rings. The van der Waals surface area contributed by atoms with Gasteiger partial charge in [0.2, 0.25) is 0 Å². The first-order valence-corrected chi connectivity index (χ1v) is 9.06. The molecule has 0 aliphatic heterocycles. The van der Waals surface area contributed by atoms with Crippen LogP contribution in [0.4, 0.5) is 0 Å². The maximum absolute atomic E-state index is 12.5. The minimum absolute atomic E-state index is 0.116. The monoisotopic (exact) mass is 372 g/mol. The summed E-state index contributed by atoms with van der Waals surface area (Å²) in [5.74, 6) is 1.86. The molecule has 0 radical (unpaired) electrons. The highest BCUT2D eigenvalue weighted by Crippen LogP contribution is 2.38. The van der Waals surface area contributed by atoms with Gasteiger partial charge in [-0.1, -0.05) is 19.3 Å². The van der Waals surface area contributed by atoms with Crippen LogP contribution in [0.1, 0.15) is 42.5 Å². The third-order valence-electron chi connectivity index (χ3n) is 3.79. The summed E-state index contributed by atoms with van der Waals surface area (Å²) in [5.41, 5.74) is 0.619. The van der Waals surface area contributed by atoms with Crippen LogP contribution in [0.5, 0.6) is 11.5 Å². The Morgan fingerprint density at radius 2 is 1.95 bits per heavy atom. The van der Waals surface area contributed by atoms with E-state index in [4.69, 9.17) is 9.47 Å². The average Bonchev–Trinajstić information content (AvgIpc) is 2.53. The number of thioether (sulfide) groups is 1. The topological polar surface area (TPSA) is 35.5 Å². The lowest BCUT2D eigenvalue weighted by Crippen LogP contribution is -2.13. The highest BCUT2D eigenvalue weighted by Gasteiger charge is 2.20. The third kappa shape index (κ3) is 4.16. The van der Waals surface area contributed by atoms with E-state index in [0.717, 1.165) is 0 Å². The Morgan fingerprint density at radius 3 is 2.57 bits per heavy atom. The minimum Gasteiger partial charge on any atom is -0.495 e. The van der Waals surface area contributed by atoms with Gasteiger partial charge in [0.05, 0.1) is 25.5 Å². The van der Waals surface area contributed by atoms with Gasteiger partial charge in [0, 0.05) is 5.25 Å². The third-order valence-corrected chi connectivity index (χ3v) is 5.91. The Hall–Kier alpha value is -0.680. The Labute approximate surface area is 138 Å². The van der Waals surface area contributed by atoms with Gasteiger partial charge in [0.1, 0.15) is 16.0 Å². The number of carbonyl (C=O) groups is 1. The lowest BCUT2D eigenvalue weighted by atomic mass is 10.0. The van der Waals surface area contributed by atoms with Crippen LogP contribution in [-0.2, 0) is 0 Å². The molecular weight excluding hydrogens is 352 g/mol. The number of benzene rings is 1. The van der Waals surface area contributed by atoms with Gasteiger partial charge in [-0.2, -0.15) is 11.8 Å². The summed E-state index contributed by atoms with van der Waals surface area (Å²) in [6, 6.07) is 3.58. The van der Waals surface area contributed by atoms with Gasteiger partial charge in [-0.05, 0) is 40.9 Å². The number of ether oxygens (including phenoxy) is 2. The van der Waals surface area contributed by atoms with Crippen molar-refractivity contribution in [2.24, 2.45) is 0 Å². The fraction of sp³-hybridized carbons (Fsp3) is 0.562. The summed E-state index contributed by atoms with van der Waals surface area (Å²) in [4.78, 5) is 12.5. The van der Waals surface area contributed by atoms with E-state index in [9.17, 15) is 4.79 Å². The van der Waals surface area contributed by atoms with E-state index in [-0.39, 0.29) is 5.78 Å². The first-order valence-electron chi connectivity index (χ1n) is 7.22. The summed E-state index contributed by atoms with van der Waals surface area (Å²) in [7, 11) is 3.17. The largest absolute Gasteiger partial charge is 0.495 e. The molecular formula is C16H21BrO3S. The molecule has 3 nitrogen and oxygen atoms in total. The van der Waals surface area contributed by atoms with Crippen LogP contribution >= 0.6 is 27.7 Å². The van der Waals surface area contributed by atoms with E-state index in [1.165, 1.54) is 32.1 Å². The van der Waals surface area contributed by atoms with Gasteiger partial charge in [-0.15, -0.1) is 0 Å². The standard InChI is InChI=1S/C16H21BrO3S/c1-19-14-9-8-12(16(20-2)15(14)17)13(18)10-21-11-6-4-3-5-7-11/h8-9,11H,3-7,10H2,1-2H3. The Morgan fingerprint density at radius 1 is 1.24 bits per heavy atom. The lowest BCUT2D eigenvalue weighted by molar-refractivity contribution is 0.101. The molecule has 0 atom stereocenters. The maximum atomic E-state index is 12.5. The quantitative estimate of drug-likeness (QED) is 0.677. The molecule has 5 heteroatoms. The molecule has 0 bridgehead atoms. The Bertz CT molecular complexity index is 499. The molecule has 0 spiro atoms. The second kappa shape index (κ2) is 8.08. The number of carbonyl (C=O) groups excluding carboxylic acids is 1. The number of hydrogen-bond donors (Lipinski definition) is 0. The summed E-state index contributed by atoms with van der Waals surface area (Å²) in [6.07, 6.45) is 6.40. The van der Waals surface area contributed by atoms with Crippen molar-refractivity contribution in [2.75, 3.05) is 20.0 Å². The predicted molar refractivity (Wildman–Crippen MR) is 90.9 cm³/mol. The van der Waals surface area contributed by atoms with Crippen LogP contribution in [0.25, 0.3) is 0 Å². The number of ketones is 1. The van der Waals surface area contributed by atoms with Crippen molar-refractivity contribution in [1.82, 2.24) is 0 Å². The van der Waals surface area contributed by atoms with E-state index in [0.29, 0.717) is 32.5 Å². The Kier molecular flexibility index (Phi) is 6.42. The van der Waals surface area contributed by atoms with Crippen LogP contribution < -0.4 is 9.47 Å². The SMILES string of the molecule is COc1ccc(C(=O)CSC2CCCCC2)c(OC)c1Br. The molecule has 0 unspecified atom stereocenters. The fourth-order valence-corrected chi connectivity index (χ4v) is 4.50. The number of Topliss-reactive ketones (excluding diaryl/α,β-unsaturated/α-hetero) is 1. The minimum atomic E-state index is 0.116. The van der Waals surface area contributed by atoms with E-state index in [1.54, 1.807) is 38.1 Å². The smallest absolute Gasteiger partial charge is 0.176 e.